The predicted molar refractivity (Wildman–Crippen MR) is 192 cm³/mol. The summed E-state index contributed by atoms with van der Waals surface area (Å²) in [6.07, 6.45) is 0. The van der Waals surface area contributed by atoms with Crippen molar-refractivity contribution in [3.63, 3.8) is 0 Å². The molecule has 0 bridgehead atoms. The Hall–Kier alpha value is -5.12. The fourth-order valence-electron chi connectivity index (χ4n) is 6.29. The lowest BCUT2D eigenvalue weighted by atomic mass is 9.92. The monoisotopic (exact) mass is 594 g/mol. The Morgan fingerprint density at radius 1 is 0.341 bits per heavy atom. The molecule has 0 unspecified atom stereocenters. The van der Waals surface area contributed by atoms with E-state index in [9.17, 15) is 0 Å². The van der Waals surface area contributed by atoms with E-state index in [-0.39, 0.29) is 0 Å². The van der Waals surface area contributed by atoms with Gasteiger partial charge in [0.05, 0.1) is 9.75 Å². The van der Waals surface area contributed by atoms with E-state index in [1.807, 2.05) is 0 Å². The quantitative estimate of drug-likeness (QED) is 0.131. The second-order valence-corrected chi connectivity index (χ2v) is 13.2. The van der Waals surface area contributed by atoms with Gasteiger partial charge in [0, 0.05) is 20.9 Å². The average molecular weight is 595 g/mol. The molecule has 0 N–H and O–H groups in total. The average Bonchev–Trinajstić information content (AvgIpc) is 3.75. The number of benzene rings is 6. The van der Waals surface area contributed by atoms with Gasteiger partial charge in [-0.15, -0.1) is 22.7 Å². The Morgan fingerprint density at radius 3 is 0.955 bits per heavy atom. The highest BCUT2D eigenvalue weighted by molar-refractivity contribution is 7.22. The Bertz CT molecular complexity index is 2240. The molecule has 0 amide bonds. The largest absolute Gasteiger partial charge is 0.126 e. The van der Waals surface area contributed by atoms with E-state index in [0.29, 0.717) is 0 Å². The highest BCUT2D eigenvalue weighted by Crippen LogP contribution is 2.36. The van der Waals surface area contributed by atoms with Gasteiger partial charge in [0.25, 0.3) is 0 Å². The van der Waals surface area contributed by atoms with E-state index in [1.54, 1.807) is 22.7 Å². The van der Waals surface area contributed by atoms with Crippen molar-refractivity contribution in [1.82, 2.24) is 0 Å². The van der Waals surface area contributed by atoms with Crippen LogP contribution >= 0.6 is 22.7 Å². The van der Waals surface area contributed by atoms with Gasteiger partial charge in [-0.1, -0.05) is 121 Å². The first-order chi connectivity index (χ1) is 21.7. The summed E-state index contributed by atoms with van der Waals surface area (Å²) in [6, 6.07) is 43.1. The number of fused-ring (bicyclic) bond motifs is 4. The first-order valence-corrected chi connectivity index (χ1v) is 16.3. The Labute approximate surface area is 265 Å². The second-order valence-electron chi connectivity index (χ2n) is 11.0. The molecule has 2 heterocycles. The molecule has 0 nitrogen and oxygen atoms in total. The van der Waals surface area contributed by atoms with Crippen molar-refractivity contribution in [3.8, 4) is 33.4 Å². The molecule has 0 atom stereocenters. The standard InChI is InChI=1S/C42H26S2/c1-27-31-11-3-7-15-35(31)39(36-16-8-4-12-32(27)36)23-19-29-21-25-41(43-29)42-26-22-30(44-42)20-24-40-37-17-9-5-13-33(37)28(2)34-14-6-10-18-38(34)40/h3-18,21-22,25-26H,1-2H3. The van der Waals surface area contributed by atoms with Gasteiger partial charge in [0.2, 0.25) is 0 Å². The van der Waals surface area contributed by atoms with Crippen LogP contribution in [-0.2, 0) is 0 Å². The van der Waals surface area contributed by atoms with Gasteiger partial charge < -0.3 is 0 Å². The molecule has 0 aliphatic rings. The third-order valence-electron chi connectivity index (χ3n) is 8.48. The normalized spacial score (nSPS) is 11.0. The van der Waals surface area contributed by atoms with Gasteiger partial charge in [-0.25, -0.2) is 0 Å². The summed E-state index contributed by atoms with van der Waals surface area (Å²) >= 11 is 3.48. The molecule has 0 aliphatic heterocycles. The summed E-state index contributed by atoms with van der Waals surface area (Å²) in [5.41, 5.74) is 4.81. The number of hydrogen-bond donors (Lipinski definition) is 0. The van der Waals surface area contributed by atoms with Crippen LogP contribution in [0, 0.1) is 37.5 Å². The van der Waals surface area contributed by atoms with E-state index >= 15 is 0 Å². The lowest BCUT2D eigenvalue weighted by Gasteiger charge is -2.10. The number of hydrogen-bond acceptors (Lipinski definition) is 2. The lowest BCUT2D eigenvalue weighted by Crippen LogP contribution is -1.88. The highest BCUT2D eigenvalue weighted by atomic mass is 32.1. The Balaban J connectivity index is 1.14. The van der Waals surface area contributed by atoms with Gasteiger partial charge in [0.15, 0.2) is 0 Å². The van der Waals surface area contributed by atoms with E-state index in [4.69, 9.17) is 0 Å². The minimum absolute atomic E-state index is 1.06. The van der Waals surface area contributed by atoms with Gasteiger partial charge >= 0.3 is 0 Å². The first kappa shape index (κ1) is 26.5. The van der Waals surface area contributed by atoms with Gasteiger partial charge in [-0.3, -0.25) is 0 Å². The maximum atomic E-state index is 3.56. The lowest BCUT2D eigenvalue weighted by molar-refractivity contribution is 1.57. The van der Waals surface area contributed by atoms with Gasteiger partial charge in [-0.05, 0) is 92.3 Å². The Morgan fingerprint density at radius 2 is 0.636 bits per heavy atom. The summed E-state index contributed by atoms with van der Waals surface area (Å²) in [6.45, 7) is 4.41. The molecule has 0 spiro atoms. The van der Waals surface area contributed by atoms with Crippen molar-refractivity contribution in [2.75, 3.05) is 0 Å². The van der Waals surface area contributed by atoms with Crippen LogP contribution < -0.4 is 0 Å². The van der Waals surface area contributed by atoms with Crippen LogP contribution in [0.1, 0.15) is 32.0 Å². The molecule has 0 saturated carbocycles. The van der Waals surface area contributed by atoms with Crippen LogP contribution in [0.4, 0.5) is 0 Å². The highest BCUT2D eigenvalue weighted by Gasteiger charge is 2.11. The first-order valence-electron chi connectivity index (χ1n) is 14.7. The van der Waals surface area contributed by atoms with Crippen LogP contribution in [0.15, 0.2) is 121 Å². The summed E-state index contributed by atoms with van der Waals surface area (Å²) in [7, 11) is 0. The maximum Gasteiger partial charge on any atom is 0.0779 e. The predicted octanol–water partition coefficient (Wildman–Crippen LogP) is 11.5. The SMILES string of the molecule is Cc1c2ccccc2c(C#Cc2ccc(-c3ccc(C#Cc4c5ccccc5c(C)c5ccccc45)s3)s2)c2ccccc12. The van der Waals surface area contributed by atoms with E-state index < -0.39 is 0 Å². The summed E-state index contributed by atoms with van der Waals surface area (Å²) in [4.78, 5) is 4.56. The molecule has 0 saturated heterocycles. The number of thiophene rings is 2. The fourth-order valence-corrected chi connectivity index (χ4v) is 8.09. The van der Waals surface area contributed by atoms with Crippen LogP contribution in [-0.4, -0.2) is 0 Å². The van der Waals surface area contributed by atoms with Crippen LogP contribution in [0.25, 0.3) is 52.8 Å². The topological polar surface area (TPSA) is 0 Å². The van der Waals surface area contributed by atoms with E-state index in [2.05, 4.69) is 159 Å². The van der Waals surface area contributed by atoms with Crippen molar-refractivity contribution >= 4 is 65.8 Å². The molecule has 2 aromatic heterocycles. The van der Waals surface area contributed by atoms with Gasteiger partial charge in [0.1, 0.15) is 0 Å². The fraction of sp³-hybridized carbons (Fsp3) is 0.0476. The van der Waals surface area contributed by atoms with Crippen molar-refractivity contribution in [1.29, 1.82) is 0 Å². The number of aryl methyl sites for hydroxylation is 2. The zero-order valence-electron chi connectivity index (χ0n) is 24.4. The molecule has 206 valence electrons. The molecule has 0 radical (unpaired) electrons. The maximum absolute atomic E-state index is 3.56. The van der Waals surface area contributed by atoms with Crippen molar-refractivity contribution in [2.45, 2.75) is 13.8 Å². The molecule has 0 fully saturated rings. The molecular weight excluding hydrogens is 569 g/mol. The molecule has 0 aliphatic carbocycles. The molecule has 44 heavy (non-hydrogen) atoms. The minimum atomic E-state index is 1.06. The summed E-state index contributed by atoms with van der Waals surface area (Å²) in [5, 5.41) is 9.91. The molecule has 2 heteroatoms. The van der Waals surface area contributed by atoms with Crippen molar-refractivity contribution < 1.29 is 0 Å². The van der Waals surface area contributed by atoms with Gasteiger partial charge in [-0.2, -0.15) is 0 Å². The third-order valence-corrected chi connectivity index (χ3v) is 10.7. The zero-order chi connectivity index (χ0) is 29.6. The smallest absolute Gasteiger partial charge is 0.0779 e. The molecule has 8 aromatic rings. The second kappa shape index (κ2) is 10.9. The van der Waals surface area contributed by atoms with Crippen LogP contribution in [0.5, 0.6) is 0 Å². The van der Waals surface area contributed by atoms with E-state index in [1.165, 1.54) is 64.0 Å². The summed E-state index contributed by atoms with van der Waals surface area (Å²) in [5.74, 6) is 14.1. The van der Waals surface area contributed by atoms with Crippen LogP contribution in [0.3, 0.4) is 0 Å². The minimum Gasteiger partial charge on any atom is -0.126 e. The third kappa shape index (κ3) is 4.49. The van der Waals surface area contributed by atoms with Crippen molar-refractivity contribution in [2.24, 2.45) is 0 Å². The number of rotatable bonds is 1. The zero-order valence-corrected chi connectivity index (χ0v) is 26.0. The molecular formula is C42H26S2. The Kier molecular flexibility index (Phi) is 6.54. The molecule has 6 aromatic carbocycles. The van der Waals surface area contributed by atoms with Crippen molar-refractivity contribution in [3.05, 3.63) is 153 Å². The molecule has 8 rings (SSSR count). The summed E-state index contributed by atoms with van der Waals surface area (Å²) < 4.78 is 0. The van der Waals surface area contributed by atoms with E-state index in [0.717, 1.165) is 20.9 Å². The van der Waals surface area contributed by atoms with Crippen LogP contribution in [0.2, 0.25) is 0 Å².